The first kappa shape index (κ1) is 14.5. The number of halogens is 1. The molecule has 1 aromatic rings. The fourth-order valence-electron chi connectivity index (χ4n) is 2.09. The molecule has 0 aromatic heterocycles. The van der Waals surface area contributed by atoms with Crippen molar-refractivity contribution in [3.63, 3.8) is 0 Å². The quantitative estimate of drug-likeness (QED) is 0.570. The van der Waals surface area contributed by atoms with Crippen LogP contribution >= 0.6 is 11.6 Å². The highest BCUT2D eigenvalue weighted by molar-refractivity contribution is 6.17. The molecule has 0 spiro atoms. The number of rotatable bonds is 6. The summed E-state index contributed by atoms with van der Waals surface area (Å²) < 4.78 is 11.3. The first-order chi connectivity index (χ1) is 8.09. The number of methoxy groups -OCH3 is 2. The van der Waals surface area contributed by atoms with Gasteiger partial charge in [-0.15, -0.1) is 11.6 Å². The van der Waals surface area contributed by atoms with Crippen molar-refractivity contribution in [2.45, 2.75) is 32.5 Å². The molecule has 96 valence electrons. The summed E-state index contributed by atoms with van der Waals surface area (Å²) in [6, 6.07) is 6.31. The summed E-state index contributed by atoms with van der Waals surface area (Å²) >= 11 is 5.77. The maximum atomic E-state index is 5.77. The van der Waals surface area contributed by atoms with E-state index in [9.17, 15) is 0 Å². The summed E-state index contributed by atoms with van der Waals surface area (Å²) in [5, 5.41) is 0. The van der Waals surface area contributed by atoms with E-state index >= 15 is 0 Å². The van der Waals surface area contributed by atoms with Crippen molar-refractivity contribution in [3.8, 4) is 0 Å². The Bertz CT molecular complexity index is 359. The molecule has 0 saturated carbocycles. The zero-order valence-corrected chi connectivity index (χ0v) is 11.8. The van der Waals surface area contributed by atoms with E-state index in [2.05, 4.69) is 32.0 Å². The molecule has 0 aliphatic heterocycles. The van der Waals surface area contributed by atoms with E-state index < -0.39 is 5.79 Å². The molecule has 0 saturated heterocycles. The summed E-state index contributed by atoms with van der Waals surface area (Å²) in [5.41, 5.74) is 3.47. The highest BCUT2D eigenvalue weighted by atomic mass is 35.5. The van der Waals surface area contributed by atoms with E-state index in [4.69, 9.17) is 21.1 Å². The molecule has 0 fully saturated rings. The highest BCUT2D eigenvalue weighted by Crippen LogP contribution is 2.34. The van der Waals surface area contributed by atoms with Gasteiger partial charge < -0.3 is 9.47 Å². The Kier molecular flexibility index (Phi) is 5.44. The Hall–Kier alpha value is -0.570. The van der Waals surface area contributed by atoms with Gasteiger partial charge >= 0.3 is 0 Å². The van der Waals surface area contributed by atoms with Gasteiger partial charge in [-0.2, -0.15) is 0 Å². The van der Waals surface area contributed by atoms with Crippen LogP contribution < -0.4 is 0 Å². The van der Waals surface area contributed by atoms with Crippen LogP contribution in [0.3, 0.4) is 0 Å². The van der Waals surface area contributed by atoms with Crippen molar-refractivity contribution in [2.75, 3.05) is 20.1 Å². The second-order valence-electron chi connectivity index (χ2n) is 4.27. The summed E-state index contributed by atoms with van der Waals surface area (Å²) in [6.45, 7) is 4.14. The van der Waals surface area contributed by atoms with Crippen molar-refractivity contribution in [2.24, 2.45) is 0 Å². The predicted molar refractivity (Wildman–Crippen MR) is 71.6 cm³/mol. The van der Waals surface area contributed by atoms with E-state index in [1.165, 1.54) is 11.1 Å². The van der Waals surface area contributed by atoms with Gasteiger partial charge in [0.05, 0.1) is 0 Å². The Morgan fingerprint density at radius 2 is 1.82 bits per heavy atom. The monoisotopic (exact) mass is 256 g/mol. The predicted octanol–water partition coefficient (Wildman–Crippen LogP) is 3.77. The topological polar surface area (TPSA) is 18.5 Å². The molecule has 0 atom stereocenters. The van der Waals surface area contributed by atoms with E-state index in [1.54, 1.807) is 14.2 Å². The van der Waals surface area contributed by atoms with Crippen molar-refractivity contribution in [1.82, 2.24) is 0 Å². The Labute approximate surface area is 109 Å². The summed E-state index contributed by atoms with van der Waals surface area (Å²) in [6.07, 6.45) is 1.62. The molecule has 0 aliphatic rings. The number of aryl methyl sites for hydroxylation is 2. The van der Waals surface area contributed by atoms with E-state index in [1.807, 2.05) is 0 Å². The Morgan fingerprint density at radius 3 is 2.35 bits per heavy atom. The van der Waals surface area contributed by atoms with E-state index in [0.29, 0.717) is 5.88 Å². The largest absolute Gasteiger partial charge is 0.349 e. The van der Waals surface area contributed by atoms with Crippen LogP contribution in [0.15, 0.2) is 18.2 Å². The van der Waals surface area contributed by atoms with Crippen LogP contribution in [0.1, 0.15) is 29.5 Å². The van der Waals surface area contributed by atoms with E-state index in [0.717, 1.165) is 18.4 Å². The van der Waals surface area contributed by atoms with Crippen molar-refractivity contribution >= 4 is 11.6 Å². The van der Waals surface area contributed by atoms with Crippen molar-refractivity contribution in [3.05, 3.63) is 34.9 Å². The normalized spacial score (nSPS) is 11.8. The lowest BCUT2D eigenvalue weighted by atomic mass is 9.94. The smallest absolute Gasteiger partial charge is 0.194 e. The Balaban J connectivity index is 3.15. The van der Waals surface area contributed by atoms with Gasteiger partial charge in [-0.05, 0) is 25.8 Å². The molecule has 2 nitrogen and oxygen atoms in total. The van der Waals surface area contributed by atoms with Gasteiger partial charge in [0.2, 0.25) is 0 Å². The second-order valence-corrected chi connectivity index (χ2v) is 4.65. The molecule has 1 aromatic carbocycles. The van der Waals surface area contributed by atoms with Gasteiger partial charge in [-0.3, -0.25) is 0 Å². The molecule has 0 bridgehead atoms. The van der Waals surface area contributed by atoms with Crippen LogP contribution in [-0.4, -0.2) is 20.1 Å². The number of ether oxygens (including phenoxy) is 2. The molecule has 0 unspecified atom stereocenters. The van der Waals surface area contributed by atoms with Crippen molar-refractivity contribution in [1.29, 1.82) is 0 Å². The molecule has 0 heterocycles. The summed E-state index contributed by atoms with van der Waals surface area (Å²) in [7, 11) is 3.36. The number of benzene rings is 1. The van der Waals surface area contributed by atoms with Gasteiger partial charge in [0.15, 0.2) is 5.79 Å². The third-order valence-corrected chi connectivity index (χ3v) is 3.37. The number of alkyl halides is 1. The second kappa shape index (κ2) is 6.39. The van der Waals surface area contributed by atoms with Gasteiger partial charge in [-0.25, -0.2) is 0 Å². The Morgan fingerprint density at radius 1 is 1.18 bits per heavy atom. The molecule has 17 heavy (non-hydrogen) atoms. The minimum absolute atomic E-state index is 0.610. The van der Waals surface area contributed by atoms with Gasteiger partial charge in [0, 0.05) is 32.1 Å². The maximum absolute atomic E-state index is 5.77. The minimum atomic E-state index is -0.676. The molecule has 0 N–H and O–H groups in total. The van der Waals surface area contributed by atoms with Crippen LogP contribution in [-0.2, 0) is 15.3 Å². The van der Waals surface area contributed by atoms with Crippen molar-refractivity contribution < 1.29 is 9.47 Å². The lowest BCUT2D eigenvalue weighted by Crippen LogP contribution is -2.32. The molecule has 1 rings (SSSR count). The van der Waals surface area contributed by atoms with Crippen LogP contribution in [0.25, 0.3) is 0 Å². The maximum Gasteiger partial charge on any atom is 0.194 e. The van der Waals surface area contributed by atoms with Crippen LogP contribution in [0.4, 0.5) is 0 Å². The average molecular weight is 257 g/mol. The average Bonchev–Trinajstić information content (AvgIpc) is 2.35. The SMILES string of the molecule is COC(CCCCl)(OC)c1cc(C)ccc1C. The molecule has 0 amide bonds. The van der Waals surface area contributed by atoms with Gasteiger partial charge in [0.25, 0.3) is 0 Å². The first-order valence-corrected chi connectivity index (χ1v) is 6.37. The van der Waals surface area contributed by atoms with Crippen LogP contribution in [0, 0.1) is 13.8 Å². The molecule has 3 heteroatoms. The minimum Gasteiger partial charge on any atom is -0.349 e. The molecule has 0 radical (unpaired) electrons. The zero-order valence-electron chi connectivity index (χ0n) is 11.0. The standard InChI is InChI=1S/C14H21ClO2/c1-11-6-7-12(2)13(10-11)14(16-3,17-4)8-5-9-15/h6-7,10H,5,8-9H2,1-4H3. The lowest BCUT2D eigenvalue weighted by Gasteiger charge is -2.32. The molecular formula is C14H21ClO2. The molecular weight excluding hydrogens is 236 g/mol. The molecule has 0 aliphatic carbocycles. The number of hydrogen-bond acceptors (Lipinski definition) is 2. The summed E-state index contributed by atoms with van der Waals surface area (Å²) in [5.74, 6) is -0.0652. The van der Waals surface area contributed by atoms with E-state index in [-0.39, 0.29) is 0 Å². The summed E-state index contributed by atoms with van der Waals surface area (Å²) in [4.78, 5) is 0. The third-order valence-electron chi connectivity index (χ3n) is 3.10. The zero-order chi connectivity index (χ0) is 12.9. The fraction of sp³-hybridized carbons (Fsp3) is 0.571. The highest BCUT2D eigenvalue weighted by Gasteiger charge is 2.32. The van der Waals surface area contributed by atoms with Crippen LogP contribution in [0.2, 0.25) is 0 Å². The van der Waals surface area contributed by atoms with Gasteiger partial charge in [-0.1, -0.05) is 23.8 Å². The van der Waals surface area contributed by atoms with Crippen LogP contribution in [0.5, 0.6) is 0 Å². The fourth-order valence-corrected chi connectivity index (χ4v) is 2.22. The number of hydrogen-bond donors (Lipinski definition) is 0. The first-order valence-electron chi connectivity index (χ1n) is 5.83. The van der Waals surface area contributed by atoms with Gasteiger partial charge in [0.1, 0.15) is 0 Å². The third kappa shape index (κ3) is 3.21. The lowest BCUT2D eigenvalue weighted by molar-refractivity contribution is -0.220.